The van der Waals surface area contributed by atoms with Gasteiger partial charge in [-0.25, -0.2) is 13.2 Å². The molecule has 0 unspecified atom stereocenters. The van der Waals surface area contributed by atoms with Crippen LogP contribution in [0.2, 0.25) is 4.34 Å². The number of ketones is 1. The van der Waals surface area contributed by atoms with Crippen LogP contribution in [0.15, 0.2) is 58.8 Å². The number of thiophene rings is 1. The highest BCUT2D eigenvalue weighted by Gasteiger charge is 2.19. The van der Waals surface area contributed by atoms with Crippen LogP contribution in [0.1, 0.15) is 20.7 Å². The van der Waals surface area contributed by atoms with Gasteiger partial charge in [0.2, 0.25) is 5.78 Å². The number of anilines is 1. The molecule has 2 aromatic carbocycles. The van der Waals surface area contributed by atoms with E-state index in [4.69, 9.17) is 25.8 Å². The molecule has 0 aliphatic heterocycles. The minimum absolute atomic E-state index is 0.0671. The topological polar surface area (TPSA) is 108 Å². The maximum Gasteiger partial charge on any atom is 0.338 e. The maximum absolute atomic E-state index is 12.5. The highest BCUT2D eigenvalue weighted by atomic mass is 35.5. The van der Waals surface area contributed by atoms with Crippen molar-refractivity contribution in [1.82, 2.24) is 0 Å². The Morgan fingerprint density at radius 3 is 2.31 bits per heavy atom. The summed E-state index contributed by atoms with van der Waals surface area (Å²) in [6, 6.07) is 13.2. The Morgan fingerprint density at radius 2 is 1.72 bits per heavy atom. The monoisotopic (exact) mass is 495 g/mol. The van der Waals surface area contributed by atoms with Crippen molar-refractivity contribution in [2.75, 3.05) is 25.5 Å². The van der Waals surface area contributed by atoms with Gasteiger partial charge in [0.25, 0.3) is 10.0 Å². The average molecular weight is 496 g/mol. The van der Waals surface area contributed by atoms with Gasteiger partial charge in [0.15, 0.2) is 6.61 Å². The number of ether oxygens (including phenoxy) is 3. The number of methoxy groups -OCH3 is 2. The first-order valence-corrected chi connectivity index (χ1v) is 11.7. The van der Waals surface area contributed by atoms with Crippen LogP contribution >= 0.6 is 22.9 Å². The van der Waals surface area contributed by atoms with Crippen molar-refractivity contribution in [2.45, 2.75) is 4.21 Å². The predicted octanol–water partition coefficient (Wildman–Crippen LogP) is 4.26. The van der Waals surface area contributed by atoms with Crippen molar-refractivity contribution in [3.8, 4) is 11.5 Å². The minimum atomic E-state index is -3.79. The molecule has 0 amide bonds. The first-order chi connectivity index (χ1) is 15.2. The summed E-state index contributed by atoms with van der Waals surface area (Å²) in [5.41, 5.74) is 0.624. The summed E-state index contributed by atoms with van der Waals surface area (Å²) in [4.78, 5) is 24.8. The first-order valence-electron chi connectivity index (χ1n) is 9.04. The average Bonchev–Trinajstić information content (AvgIpc) is 3.24. The first kappa shape index (κ1) is 23.6. The van der Waals surface area contributed by atoms with E-state index < -0.39 is 28.4 Å². The van der Waals surface area contributed by atoms with E-state index in [1.807, 2.05) is 0 Å². The zero-order valence-corrected chi connectivity index (χ0v) is 19.3. The van der Waals surface area contributed by atoms with Crippen LogP contribution in [-0.2, 0) is 14.8 Å². The van der Waals surface area contributed by atoms with Crippen LogP contribution in [-0.4, -0.2) is 41.0 Å². The molecular weight excluding hydrogens is 478 g/mol. The number of esters is 1. The number of Topliss-reactive ketones (excluding diaryl/α,β-unsaturated/α-hetero) is 1. The fourth-order valence-corrected chi connectivity index (χ4v) is 5.19. The molecule has 0 fully saturated rings. The molecule has 0 saturated heterocycles. The standard InChI is InChI=1S/C21H18ClNO7S2/c1-28-15-7-8-18(29-2)16(11-15)17(24)12-30-21(25)13-3-5-14(6-4-13)23-32(26,27)20-10-9-19(22)31-20/h3-11,23H,12H2,1-2H3. The van der Waals surface area contributed by atoms with Gasteiger partial charge in [-0.15, -0.1) is 11.3 Å². The molecule has 8 nitrogen and oxygen atoms in total. The number of hydrogen-bond donors (Lipinski definition) is 1. The van der Waals surface area contributed by atoms with Crippen molar-refractivity contribution < 1.29 is 32.2 Å². The van der Waals surface area contributed by atoms with E-state index in [-0.39, 0.29) is 21.0 Å². The van der Waals surface area contributed by atoms with Crippen molar-refractivity contribution in [2.24, 2.45) is 0 Å². The molecule has 1 aromatic heterocycles. The summed E-state index contributed by atoms with van der Waals surface area (Å²) in [6.45, 7) is -0.504. The molecule has 0 atom stereocenters. The summed E-state index contributed by atoms with van der Waals surface area (Å²) in [7, 11) is -0.897. The lowest BCUT2D eigenvalue weighted by Gasteiger charge is -2.10. The smallest absolute Gasteiger partial charge is 0.338 e. The van der Waals surface area contributed by atoms with Crippen LogP contribution in [0, 0.1) is 0 Å². The second kappa shape index (κ2) is 10.0. The Balaban J connectivity index is 1.63. The number of rotatable bonds is 9. The van der Waals surface area contributed by atoms with Gasteiger partial charge in [0.05, 0.1) is 29.7 Å². The molecule has 1 N–H and O–H groups in total. The van der Waals surface area contributed by atoms with E-state index in [9.17, 15) is 18.0 Å². The number of halogens is 1. The number of carbonyl (C=O) groups is 2. The number of hydrogen-bond acceptors (Lipinski definition) is 8. The van der Waals surface area contributed by atoms with E-state index in [1.54, 1.807) is 12.1 Å². The normalized spacial score (nSPS) is 11.0. The summed E-state index contributed by atoms with van der Waals surface area (Å²) >= 11 is 6.71. The van der Waals surface area contributed by atoms with Gasteiger partial charge >= 0.3 is 5.97 Å². The lowest BCUT2D eigenvalue weighted by atomic mass is 10.1. The molecule has 3 aromatic rings. The highest BCUT2D eigenvalue weighted by molar-refractivity contribution is 7.94. The lowest BCUT2D eigenvalue weighted by molar-refractivity contribution is 0.0474. The number of benzene rings is 2. The Hall–Kier alpha value is -3.08. The van der Waals surface area contributed by atoms with E-state index >= 15 is 0 Å². The molecular formula is C21H18ClNO7S2. The van der Waals surface area contributed by atoms with Gasteiger partial charge in [-0.2, -0.15) is 0 Å². The van der Waals surface area contributed by atoms with Crippen molar-refractivity contribution in [3.63, 3.8) is 0 Å². The van der Waals surface area contributed by atoms with Gasteiger partial charge in [0.1, 0.15) is 15.7 Å². The number of nitrogens with one attached hydrogen (secondary N) is 1. The SMILES string of the molecule is COc1ccc(OC)c(C(=O)COC(=O)c2ccc(NS(=O)(=O)c3ccc(Cl)s3)cc2)c1. The summed E-state index contributed by atoms with van der Waals surface area (Å²) in [6.07, 6.45) is 0. The van der Waals surface area contributed by atoms with Gasteiger partial charge in [-0.1, -0.05) is 11.6 Å². The fraction of sp³-hybridized carbons (Fsp3) is 0.143. The highest BCUT2D eigenvalue weighted by Crippen LogP contribution is 2.27. The summed E-state index contributed by atoms with van der Waals surface area (Å²) < 4.78 is 42.9. The third-order valence-electron chi connectivity index (χ3n) is 4.23. The maximum atomic E-state index is 12.5. The Labute approximate surface area is 193 Å². The zero-order valence-electron chi connectivity index (χ0n) is 17.0. The molecule has 3 rings (SSSR count). The van der Waals surface area contributed by atoms with E-state index in [0.29, 0.717) is 15.8 Å². The quantitative estimate of drug-likeness (QED) is 0.349. The van der Waals surface area contributed by atoms with Gasteiger partial charge in [0, 0.05) is 5.69 Å². The van der Waals surface area contributed by atoms with Crippen LogP contribution in [0.3, 0.4) is 0 Å². The van der Waals surface area contributed by atoms with Crippen LogP contribution in [0.25, 0.3) is 0 Å². The number of carbonyl (C=O) groups excluding carboxylic acids is 2. The van der Waals surface area contributed by atoms with Crippen LogP contribution < -0.4 is 14.2 Å². The Morgan fingerprint density at radius 1 is 1.00 bits per heavy atom. The third kappa shape index (κ3) is 5.58. The molecule has 0 spiro atoms. The van der Waals surface area contributed by atoms with Crippen molar-refractivity contribution in [3.05, 3.63) is 70.1 Å². The largest absolute Gasteiger partial charge is 0.497 e. The van der Waals surface area contributed by atoms with Crippen molar-refractivity contribution in [1.29, 1.82) is 0 Å². The lowest BCUT2D eigenvalue weighted by Crippen LogP contribution is -2.15. The molecule has 0 saturated carbocycles. The second-order valence-corrected chi connectivity index (χ2v) is 9.93. The minimum Gasteiger partial charge on any atom is -0.497 e. The van der Waals surface area contributed by atoms with Gasteiger partial charge in [-0.05, 0) is 54.6 Å². The van der Waals surface area contributed by atoms with E-state index in [2.05, 4.69) is 4.72 Å². The molecule has 1 heterocycles. The molecule has 0 aliphatic carbocycles. The van der Waals surface area contributed by atoms with Crippen molar-refractivity contribution >= 4 is 50.4 Å². The van der Waals surface area contributed by atoms with E-state index in [1.165, 1.54) is 56.7 Å². The molecule has 0 bridgehead atoms. The van der Waals surface area contributed by atoms with Gasteiger partial charge in [-0.3, -0.25) is 9.52 Å². The molecule has 168 valence electrons. The Bertz CT molecular complexity index is 1240. The molecule has 32 heavy (non-hydrogen) atoms. The molecule has 0 radical (unpaired) electrons. The van der Waals surface area contributed by atoms with Gasteiger partial charge < -0.3 is 14.2 Å². The number of sulfonamides is 1. The third-order valence-corrected chi connectivity index (χ3v) is 7.33. The van der Waals surface area contributed by atoms with Crippen LogP contribution in [0.5, 0.6) is 11.5 Å². The Kier molecular flexibility index (Phi) is 7.39. The predicted molar refractivity (Wildman–Crippen MR) is 121 cm³/mol. The summed E-state index contributed by atoms with van der Waals surface area (Å²) in [5.74, 6) is -0.411. The molecule has 11 heteroatoms. The zero-order chi connectivity index (χ0) is 23.3. The molecule has 0 aliphatic rings. The van der Waals surface area contributed by atoms with E-state index in [0.717, 1.165) is 11.3 Å². The fourth-order valence-electron chi connectivity index (χ4n) is 2.65. The summed E-state index contributed by atoms with van der Waals surface area (Å²) in [5, 5.41) is 0. The van der Waals surface area contributed by atoms with Crippen LogP contribution in [0.4, 0.5) is 5.69 Å². The second-order valence-electron chi connectivity index (χ2n) is 6.31.